The zero-order valence-electron chi connectivity index (χ0n) is 16.6. The zero-order valence-corrected chi connectivity index (χ0v) is 16.6. The molecule has 0 spiro atoms. The van der Waals surface area contributed by atoms with Crippen LogP contribution in [0.3, 0.4) is 0 Å². The molecule has 2 N–H and O–H groups in total. The Morgan fingerprint density at radius 3 is 1.57 bits per heavy atom. The maximum Gasteiger partial charge on any atom is 0.165 e. The molecule has 0 radical (unpaired) electrons. The van der Waals surface area contributed by atoms with Gasteiger partial charge in [-0.1, -0.05) is 42.5 Å². The van der Waals surface area contributed by atoms with Crippen molar-refractivity contribution in [3.8, 4) is 11.5 Å². The van der Waals surface area contributed by atoms with E-state index in [-0.39, 0.29) is 37.9 Å². The number of hydrogen-bond donors (Lipinski definition) is 2. The number of halogens is 2. The lowest BCUT2D eigenvalue weighted by Gasteiger charge is -2.32. The van der Waals surface area contributed by atoms with Gasteiger partial charge in [-0.05, 0) is 47.9 Å². The highest BCUT2D eigenvalue weighted by atomic mass is 19.1. The normalized spacial score (nSPS) is 11.4. The van der Waals surface area contributed by atoms with E-state index < -0.39 is 17.0 Å². The molecule has 0 fully saturated rings. The fourth-order valence-corrected chi connectivity index (χ4v) is 3.44. The smallest absolute Gasteiger partial charge is 0.165 e. The minimum Gasteiger partial charge on any atom is -0.488 e. The summed E-state index contributed by atoms with van der Waals surface area (Å²) in [5, 5.41) is 17.8. The fraction of sp³-hybridized carbons (Fsp3) is 0.250. The van der Waals surface area contributed by atoms with Crippen molar-refractivity contribution in [1.29, 1.82) is 0 Å². The Hall–Kier alpha value is -2.96. The highest BCUT2D eigenvalue weighted by Crippen LogP contribution is 2.41. The first-order chi connectivity index (χ1) is 14.5. The largest absolute Gasteiger partial charge is 0.488 e. The maximum absolute atomic E-state index is 14.7. The Balaban J connectivity index is 2.10. The number of aliphatic hydroxyl groups excluding tert-OH is 2. The quantitative estimate of drug-likeness (QED) is 0.519. The van der Waals surface area contributed by atoms with Crippen LogP contribution in [-0.2, 0) is 5.41 Å². The topological polar surface area (TPSA) is 58.9 Å². The van der Waals surface area contributed by atoms with Gasteiger partial charge in [0.2, 0.25) is 0 Å². The molecule has 3 rings (SSSR count). The molecule has 30 heavy (non-hydrogen) atoms. The molecule has 0 saturated carbocycles. The van der Waals surface area contributed by atoms with E-state index in [0.717, 1.165) is 5.56 Å². The van der Waals surface area contributed by atoms with Crippen molar-refractivity contribution in [3.63, 3.8) is 0 Å². The molecule has 0 aliphatic heterocycles. The van der Waals surface area contributed by atoms with Gasteiger partial charge in [0.05, 0.1) is 13.2 Å². The predicted molar refractivity (Wildman–Crippen MR) is 110 cm³/mol. The lowest BCUT2D eigenvalue weighted by Crippen LogP contribution is -2.26. The summed E-state index contributed by atoms with van der Waals surface area (Å²) in [6.45, 7) is 1.45. The monoisotopic (exact) mass is 414 g/mol. The number of ether oxygens (including phenoxy) is 2. The van der Waals surface area contributed by atoms with Crippen LogP contribution >= 0.6 is 0 Å². The van der Waals surface area contributed by atoms with Gasteiger partial charge in [-0.15, -0.1) is 0 Å². The van der Waals surface area contributed by atoms with Crippen molar-refractivity contribution in [2.45, 2.75) is 12.3 Å². The van der Waals surface area contributed by atoms with Crippen LogP contribution < -0.4 is 9.47 Å². The number of benzene rings is 3. The lowest BCUT2D eigenvalue weighted by atomic mass is 9.71. The molecule has 0 heterocycles. The van der Waals surface area contributed by atoms with Crippen LogP contribution in [0.1, 0.15) is 23.6 Å². The highest BCUT2D eigenvalue weighted by molar-refractivity contribution is 5.51. The summed E-state index contributed by atoms with van der Waals surface area (Å²) in [6.07, 6.45) is 0. The molecule has 0 aliphatic rings. The van der Waals surface area contributed by atoms with Gasteiger partial charge in [-0.25, -0.2) is 8.78 Å². The van der Waals surface area contributed by atoms with E-state index in [1.807, 2.05) is 37.3 Å². The molecule has 0 unspecified atom stereocenters. The maximum atomic E-state index is 14.7. The second kappa shape index (κ2) is 9.69. The van der Waals surface area contributed by atoms with Crippen molar-refractivity contribution in [3.05, 3.63) is 95.1 Å². The average molecular weight is 414 g/mol. The van der Waals surface area contributed by atoms with Crippen LogP contribution in [0.15, 0.2) is 66.7 Å². The van der Waals surface area contributed by atoms with Crippen molar-refractivity contribution in [1.82, 2.24) is 0 Å². The fourth-order valence-electron chi connectivity index (χ4n) is 3.44. The van der Waals surface area contributed by atoms with Crippen LogP contribution in [0.4, 0.5) is 8.78 Å². The zero-order chi connectivity index (χ0) is 21.6. The van der Waals surface area contributed by atoms with Crippen LogP contribution in [-0.4, -0.2) is 36.6 Å². The molecule has 158 valence electrons. The summed E-state index contributed by atoms with van der Waals surface area (Å²) in [7, 11) is 0. The Labute approximate surface area is 174 Å². The summed E-state index contributed by atoms with van der Waals surface area (Å²) in [5.41, 5.74) is 1.24. The van der Waals surface area contributed by atoms with Gasteiger partial charge in [-0.2, -0.15) is 0 Å². The number of rotatable bonds is 9. The van der Waals surface area contributed by atoms with Gasteiger partial charge in [0, 0.05) is 5.41 Å². The van der Waals surface area contributed by atoms with E-state index in [4.69, 9.17) is 19.7 Å². The summed E-state index contributed by atoms with van der Waals surface area (Å²) in [6, 6.07) is 18.7. The van der Waals surface area contributed by atoms with E-state index in [9.17, 15) is 8.78 Å². The minimum atomic E-state index is -0.853. The van der Waals surface area contributed by atoms with Crippen molar-refractivity contribution in [2.75, 3.05) is 26.4 Å². The summed E-state index contributed by atoms with van der Waals surface area (Å²) < 4.78 is 39.8. The third-order valence-electron chi connectivity index (χ3n) is 5.07. The van der Waals surface area contributed by atoms with Gasteiger partial charge in [-0.3, -0.25) is 0 Å². The SMILES string of the molecule is CC(c1ccccc1)(c1ccc(OCCO)c(F)c1)c1ccc(OCCO)c(F)c1. The van der Waals surface area contributed by atoms with Crippen molar-refractivity contribution >= 4 is 0 Å². The molecule has 0 amide bonds. The molecule has 0 aliphatic carbocycles. The van der Waals surface area contributed by atoms with Crippen LogP contribution in [0.5, 0.6) is 11.5 Å². The van der Waals surface area contributed by atoms with E-state index in [1.54, 1.807) is 12.1 Å². The number of aliphatic hydroxyl groups is 2. The second-order valence-electron chi connectivity index (χ2n) is 6.93. The highest BCUT2D eigenvalue weighted by Gasteiger charge is 2.32. The Morgan fingerprint density at radius 1 is 0.700 bits per heavy atom. The Bertz CT molecular complexity index is 919. The third kappa shape index (κ3) is 4.45. The van der Waals surface area contributed by atoms with Crippen LogP contribution in [0, 0.1) is 11.6 Å². The Morgan fingerprint density at radius 2 is 1.17 bits per heavy atom. The van der Waals surface area contributed by atoms with Gasteiger partial charge in [0.25, 0.3) is 0 Å². The molecule has 0 saturated heterocycles. The number of hydrogen-bond acceptors (Lipinski definition) is 4. The second-order valence-corrected chi connectivity index (χ2v) is 6.93. The molecule has 3 aromatic carbocycles. The first kappa shape index (κ1) is 21.7. The molecule has 0 aromatic heterocycles. The Kier molecular flexibility index (Phi) is 7.03. The van der Waals surface area contributed by atoms with Crippen LogP contribution in [0.25, 0.3) is 0 Å². The van der Waals surface area contributed by atoms with E-state index in [1.165, 1.54) is 24.3 Å². The molecule has 0 bridgehead atoms. The standard InChI is InChI=1S/C24H24F2O4/c1-24(17-5-3-2-4-6-17,18-7-9-22(20(25)15-18)29-13-11-27)19-8-10-23(21(26)16-19)30-14-12-28/h2-10,15-16,27-28H,11-14H2,1H3. The van der Waals surface area contributed by atoms with Crippen molar-refractivity contribution < 1.29 is 28.5 Å². The predicted octanol–water partition coefficient (Wildman–Crippen LogP) is 4.06. The molecule has 6 heteroatoms. The average Bonchev–Trinajstić information content (AvgIpc) is 2.77. The first-order valence-corrected chi connectivity index (χ1v) is 9.63. The van der Waals surface area contributed by atoms with Gasteiger partial charge >= 0.3 is 0 Å². The van der Waals surface area contributed by atoms with Crippen molar-refractivity contribution in [2.24, 2.45) is 0 Å². The van der Waals surface area contributed by atoms with Crippen LogP contribution in [0.2, 0.25) is 0 Å². The van der Waals surface area contributed by atoms with Gasteiger partial charge < -0.3 is 19.7 Å². The first-order valence-electron chi connectivity index (χ1n) is 9.63. The van der Waals surface area contributed by atoms with E-state index in [2.05, 4.69) is 0 Å². The molecule has 3 aromatic rings. The summed E-state index contributed by atoms with van der Waals surface area (Å²) in [5.74, 6) is -1.04. The summed E-state index contributed by atoms with van der Waals surface area (Å²) in [4.78, 5) is 0. The molecular formula is C24H24F2O4. The molecule has 4 nitrogen and oxygen atoms in total. The van der Waals surface area contributed by atoms with Gasteiger partial charge in [0.1, 0.15) is 13.2 Å². The third-order valence-corrected chi connectivity index (χ3v) is 5.07. The molecular weight excluding hydrogens is 390 g/mol. The van der Waals surface area contributed by atoms with E-state index >= 15 is 0 Å². The lowest BCUT2D eigenvalue weighted by molar-refractivity contribution is 0.196. The minimum absolute atomic E-state index is 0.00721. The van der Waals surface area contributed by atoms with E-state index in [0.29, 0.717) is 11.1 Å². The van der Waals surface area contributed by atoms with Gasteiger partial charge in [0.15, 0.2) is 23.1 Å². The molecule has 0 atom stereocenters. The summed E-state index contributed by atoms with van der Waals surface area (Å²) >= 11 is 0.